The van der Waals surface area contributed by atoms with Gasteiger partial charge in [-0.25, -0.2) is 9.79 Å². The van der Waals surface area contributed by atoms with Crippen molar-refractivity contribution in [2.24, 2.45) is 4.99 Å². The molecular weight excluding hydrogens is 332 g/mol. The third-order valence-electron chi connectivity index (χ3n) is 3.24. The molecule has 1 aliphatic rings. The summed E-state index contributed by atoms with van der Waals surface area (Å²) in [5.74, 6) is 0.763. The van der Waals surface area contributed by atoms with Crippen LogP contribution in [-0.2, 0) is 9.53 Å². The molecular formula is C17H13ClN2O4. The Bertz CT molecular complexity index is 839. The Labute approximate surface area is 143 Å². The van der Waals surface area contributed by atoms with Crippen LogP contribution < -0.4 is 9.47 Å². The van der Waals surface area contributed by atoms with Crippen molar-refractivity contribution >= 4 is 29.5 Å². The predicted molar refractivity (Wildman–Crippen MR) is 89.4 cm³/mol. The molecule has 0 spiro atoms. The molecule has 0 radical (unpaired) electrons. The van der Waals surface area contributed by atoms with Gasteiger partial charge in [-0.15, -0.1) is 0 Å². The molecule has 0 saturated carbocycles. The van der Waals surface area contributed by atoms with E-state index in [0.717, 1.165) is 0 Å². The molecule has 6 nitrogen and oxygen atoms in total. The maximum atomic E-state index is 12.0. The van der Waals surface area contributed by atoms with Crippen molar-refractivity contribution in [1.29, 1.82) is 0 Å². The molecule has 24 heavy (non-hydrogen) atoms. The fourth-order valence-electron chi connectivity index (χ4n) is 2.11. The lowest BCUT2D eigenvalue weighted by molar-refractivity contribution is -0.129. The SMILES string of the molecule is COc1cc(/C=C2\N=C(c3cc(Cl)ccn3)OC2=O)cc(OC)c1. The van der Waals surface area contributed by atoms with Gasteiger partial charge in [0.1, 0.15) is 17.2 Å². The number of carbonyl (C=O) groups excluding carboxylic acids is 1. The van der Waals surface area contributed by atoms with Gasteiger partial charge >= 0.3 is 5.97 Å². The maximum absolute atomic E-state index is 12.0. The van der Waals surface area contributed by atoms with Crippen LogP contribution in [0.15, 0.2) is 47.2 Å². The van der Waals surface area contributed by atoms with Crippen LogP contribution in [0.5, 0.6) is 11.5 Å². The van der Waals surface area contributed by atoms with E-state index >= 15 is 0 Å². The summed E-state index contributed by atoms with van der Waals surface area (Å²) in [4.78, 5) is 20.3. The highest BCUT2D eigenvalue weighted by atomic mass is 35.5. The number of pyridine rings is 1. The number of cyclic esters (lactones) is 1. The van der Waals surface area contributed by atoms with E-state index in [9.17, 15) is 4.79 Å². The molecule has 1 aromatic heterocycles. The van der Waals surface area contributed by atoms with Crippen LogP contribution in [0.2, 0.25) is 5.02 Å². The Balaban J connectivity index is 1.97. The van der Waals surface area contributed by atoms with Gasteiger partial charge in [0.05, 0.1) is 14.2 Å². The minimum absolute atomic E-state index is 0.114. The van der Waals surface area contributed by atoms with Crippen LogP contribution in [-0.4, -0.2) is 31.1 Å². The standard InChI is InChI=1S/C17H13ClN2O4/c1-22-12-5-10(6-13(9-12)23-2)7-15-17(21)24-16(20-15)14-8-11(18)3-4-19-14/h3-9H,1-2H3/b15-7-. The molecule has 2 aromatic rings. The minimum Gasteiger partial charge on any atom is -0.497 e. The lowest BCUT2D eigenvalue weighted by Gasteiger charge is -2.05. The first-order chi connectivity index (χ1) is 11.6. The molecule has 0 saturated heterocycles. The van der Waals surface area contributed by atoms with Crippen LogP contribution in [0.3, 0.4) is 0 Å². The molecule has 7 heteroatoms. The highest BCUT2D eigenvalue weighted by Gasteiger charge is 2.25. The second-order valence-electron chi connectivity index (χ2n) is 4.84. The number of rotatable bonds is 4. The van der Waals surface area contributed by atoms with Gasteiger partial charge in [0.25, 0.3) is 0 Å². The molecule has 122 valence electrons. The van der Waals surface area contributed by atoms with E-state index in [1.54, 1.807) is 50.6 Å². The van der Waals surface area contributed by atoms with Crippen molar-refractivity contribution < 1.29 is 19.0 Å². The second kappa shape index (κ2) is 6.72. The normalized spacial score (nSPS) is 15.2. The van der Waals surface area contributed by atoms with E-state index in [4.69, 9.17) is 25.8 Å². The van der Waals surface area contributed by atoms with Crippen LogP contribution in [0.4, 0.5) is 0 Å². The van der Waals surface area contributed by atoms with Gasteiger partial charge in [-0.3, -0.25) is 4.98 Å². The number of aromatic nitrogens is 1. The predicted octanol–water partition coefficient (Wildman–Crippen LogP) is 3.10. The van der Waals surface area contributed by atoms with E-state index in [1.807, 2.05) is 0 Å². The number of nitrogens with zero attached hydrogens (tertiary/aromatic N) is 2. The van der Waals surface area contributed by atoms with Crippen molar-refractivity contribution in [1.82, 2.24) is 4.98 Å². The zero-order valence-corrected chi connectivity index (χ0v) is 13.7. The van der Waals surface area contributed by atoms with Crippen molar-refractivity contribution in [3.05, 3.63) is 58.5 Å². The molecule has 1 aromatic carbocycles. The summed E-state index contributed by atoms with van der Waals surface area (Å²) in [6.07, 6.45) is 3.10. The maximum Gasteiger partial charge on any atom is 0.363 e. The van der Waals surface area contributed by atoms with Crippen molar-refractivity contribution in [2.45, 2.75) is 0 Å². The largest absolute Gasteiger partial charge is 0.497 e. The van der Waals surface area contributed by atoms with E-state index in [2.05, 4.69) is 9.98 Å². The number of benzene rings is 1. The first-order valence-electron chi connectivity index (χ1n) is 6.96. The zero-order valence-electron chi connectivity index (χ0n) is 12.9. The molecule has 0 unspecified atom stereocenters. The fraction of sp³-hybridized carbons (Fsp3) is 0.118. The number of halogens is 1. The van der Waals surface area contributed by atoms with Crippen molar-refractivity contribution in [3.8, 4) is 11.5 Å². The first kappa shape index (κ1) is 16.0. The molecule has 0 fully saturated rings. The van der Waals surface area contributed by atoms with Crippen LogP contribution in [0.1, 0.15) is 11.3 Å². The van der Waals surface area contributed by atoms with Gasteiger partial charge in [-0.1, -0.05) is 11.6 Å². The van der Waals surface area contributed by atoms with Gasteiger partial charge in [0, 0.05) is 17.3 Å². The third-order valence-corrected chi connectivity index (χ3v) is 3.47. The number of esters is 1. The van der Waals surface area contributed by atoms with E-state index < -0.39 is 5.97 Å². The Morgan fingerprint density at radius 1 is 1.12 bits per heavy atom. The van der Waals surface area contributed by atoms with Crippen molar-refractivity contribution in [2.75, 3.05) is 14.2 Å². The quantitative estimate of drug-likeness (QED) is 0.629. The average molecular weight is 345 g/mol. The smallest absolute Gasteiger partial charge is 0.363 e. The minimum atomic E-state index is -0.562. The monoisotopic (exact) mass is 344 g/mol. The number of carbonyl (C=O) groups is 1. The molecule has 3 rings (SSSR count). The molecule has 0 atom stereocenters. The molecule has 2 heterocycles. The summed E-state index contributed by atoms with van der Waals surface area (Å²) in [6, 6.07) is 8.45. The number of ether oxygens (including phenoxy) is 3. The lowest BCUT2D eigenvalue weighted by atomic mass is 10.1. The summed E-state index contributed by atoms with van der Waals surface area (Å²) >= 11 is 5.91. The van der Waals surface area contributed by atoms with E-state index in [-0.39, 0.29) is 11.6 Å². The molecule has 0 N–H and O–H groups in total. The summed E-state index contributed by atoms with van der Waals surface area (Å²) in [5, 5.41) is 0.480. The van der Waals surface area contributed by atoms with Crippen LogP contribution >= 0.6 is 11.6 Å². The van der Waals surface area contributed by atoms with Gasteiger partial charge in [0.2, 0.25) is 5.90 Å². The third kappa shape index (κ3) is 3.38. The Morgan fingerprint density at radius 3 is 2.46 bits per heavy atom. The number of methoxy groups -OCH3 is 2. The fourth-order valence-corrected chi connectivity index (χ4v) is 2.27. The number of aliphatic imine (C=N–C) groups is 1. The van der Waals surface area contributed by atoms with Gasteiger partial charge in [0.15, 0.2) is 5.70 Å². The molecule has 0 bridgehead atoms. The summed E-state index contributed by atoms with van der Waals surface area (Å²) in [7, 11) is 3.10. The Kier molecular flexibility index (Phi) is 4.48. The van der Waals surface area contributed by atoms with Crippen molar-refractivity contribution in [3.63, 3.8) is 0 Å². The van der Waals surface area contributed by atoms with E-state index in [0.29, 0.717) is 27.8 Å². The molecule has 1 aliphatic heterocycles. The van der Waals surface area contributed by atoms with Gasteiger partial charge in [-0.05, 0) is 35.9 Å². The first-order valence-corrected chi connectivity index (χ1v) is 7.34. The highest BCUT2D eigenvalue weighted by molar-refractivity contribution is 6.31. The summed E-state index contributed by atoms with van der Waals surface area (Å²) < 4.78 is 15.6. The lowest BCUT2D eigenvalue weighted by Crippen LogP contribution is -2.07. The number of hydrogen-bond donors (Lipinski definition) is 0. The average Bonchev–Trinajstić information content (AvgIpc) is 2.95. The van der Waals surface area contributed by atoms with Gasteiger partial charge in [-0.2, -0.15) is 0 Å². The Hall–Kier alpha value is -2.86. The molecule has 0 amide bonds. The van der Waals surface area contributed by atoms with Crippen LogP contribution in [0, 0.1) is 0 Å². The highest BCUT2D eigenvalue weighted by Crippen LogP contribution is 2.26. The second-order valence-corrected chi connectivity index (χ2v) is 5.28. The number of hydrogen-bond acceptors (Lipinski definition) is 6. The Morgan fingerprint density at radius 2 is 1.83 bits per heavy atom. The summed E-state index contributed by atoms with van der Waals surface area (Å²) in [5.41, 5.74) is 1.24. The van der Waals surface area contributed by atoms with E-state index in [1.165, 1.54) is 6.20 Å². The van der Waals surface area contributed by atoms with Gasteiger partial charge < -0.3 is 14.2 Å². The van der Waals surface area contributed by atoms with Crippen LogP contribution in [0.25, 0.3) is 6.08 Å². The zero-order chi connectivity index (χ0) is 17.1. The molecule has 0 aliphatic carbocycles. The topological polar surface area (TPSA) is 70.0 Å². The summed E-state index contributed by atoms with van der Waals surface area (Å²) in [6.45, 7) is 0.